The fourth-order valence-electron chi connectivity index (χ4n) is 1.86. The van der Waals surface area contributed by atoms with Gasteiger partial charge in [0.15, 0.2) is 0 Å². The first-order chi connectivity index (χ1) is 9.28. The third-order valence-corrected chi connectivity index (χ3v) is 2.87. The normalized spacial score (nSPS) is 10.4. The second kappa shape index (κ2) is 6.90. The van der Waals surface area contributed by atoms with Crippen molar-refractivity contribution >= 4 is 0 Å². The molecule has 2 nitrogen and oxygen atoms in total. The Morgan fingerprint density at radius 2 is 1.74 bits per heavy atom. The predicted octanol–water partition coefficient (Wildman–Crippen LogP) is 3.90. The van der Waals surface area contributed by atoms with Crippen molar-refractivity contribution < 1.29 is 9.13 Å². The van der Waals surface area contributed by atoms with Gasteiger partial charge in [0.05, 0.1) is 0 Å². The molecule has 0 spiro atoms. The Morgan fingerprint density at radius 3 is 2.42 bits per heavy atom. The zero-order valence-electron chi connectivity index (χ0n) is 10.8. The third-order valence-electron chi connectivity index (χ3n) is 2.87. The molecule has 2 aromatic carbocycles. The average Bonchev–Trinajstić information content (AvgIpc) is 2.41. The van der Waals surface area contributed by atoms with Crippen molar-refractivity contribution in [3.63, 3.8) is 0 Å². The van der Waals surface area contributed by atoms with Gasteiger partial charge in [0.25, 0.3) is 0 Å². The average molecular weight is 259 g/mol. The van der Waals surface area contributed by atoms with E-state index in [2.05, 4.69) is 0 Å². The molecule has 0 radical (unpaired) electrons. The van der Waals surface area contributed by atoms with Gasteiger partial charge in [-0.15, -0.1) is 0 Å². The highest BCUT2D eigenvalue weighted by Crippen LogP contribution is 2.22. The first-order valence-corrected chi connectivity index (χ1v) is 6.50. The Morgan fingerprint density at radius 1 is 0.947 bits per heavy atom. The van der Waals surface area contributed by atoms with E-state index in [1.54, 1.807) is 12.1 Å². The lowest BCUT2D eigenvalue weighted by Gasteiger charge is -2.07. The van der Waals surface area contributed by atoms with Gasteiger partial charge in [-0.05, 0) is 55.6 Å². The maximum Gasteiger partial charge on any atom is 0.130 e. The van der Waals surface area contributed by atoms with Crippen molar-refractivity contribution in [1.82, 2.24) is 0 Å². The van der Waals surface area contributed by atoms with E-state index < -0.39 is 0 Å². The highest BCUT2D eigenvalue weighted by atomic mass is 19.1. The number of benzene rings is 2. The van der Waals surface area contributed by atoms with Gasteiger partial charge in [-0.3, -0.25) is 0 Å². The van der Waals surface area contributed by atoms with E-state index in [9.17, 15) is 4.39 Å². The smallest absolute Gasteiger partial charge is 0.130 e. The van der Waals surface area contributed by atoms with E-state index in [1.807, 2.05) is 24.3 Å². The fraction of sp³-hybridized carbons (Fsp3) is 0.250. The van der Waals surface area contributed by atoms with Crippen molar-refractivity contribution in [1.29, 1.82) is 0 Å². The summed E-state index contributed by atoms with van der Waals surface area (Å²) in [5.41, 5.74) is 6.73. The van der Waals surface area contributed by atoms with E-state index in [0.717, 1.165) is 25.8 Å². The monoisotopic (exact) mass is 259 g/mol. The van der Waals surface area contributed by atoms with Gasteiger partial charge in [-0.2, -0.15) is 0 Å². The summed E-state index contributed by atoms with van der Waals surface area (Å²) in [6.07, 6.45) is 3.17. The summed E-state index contributed by atoms with van der Waals surface area (Å²) in [5.74, 6) is 0.931. The molecule has 0 fully saturated rings. The minimum Gasteiger partial charge on any atom is -0.457 e. The summed E-state index contributed by atoms with van der Waals surface area (Å²) >= 11 is 0. The van der Waals surface area contributed by atoms with E-state index in [0.29, 0.717) is 11.5 Å². The number of nitrogens with two attached hydrogens (primary N) is 1. The van der Waals surface area contributed by atoms with Gasteiger partial charge in [0.1, 0.15) is 17.3 Å². The second-order valence-electron chi connectivity index (χ2n) is 4.45. The fourth-order valence-corrected chi connectivity index (χ4v) is 1.86. The quantitative estimate of drug-likeness (QED) is 0.798. The molecule has 100 valence electrons. The maximum absolute atomic E-state index is 13.0. The minimum atomic E-state index is -0.295. The van der Waals surface area contributed by atoms with Crippen LogP contribution in [-0.4, -0.2) is 6.54 Å². The van der Waals surface area contributed by atoms with Crippen LogP contribution in [0.2, 0.25) is 0 Å². The van der Waals surface area contributed by atoms with Crippen molar-refractivity contribution in [3.05, 3.63) is 59.9 Å². The lowest BCUT2D eigenvalue weighted by atomic mass is 10.1. The van der Waals surface area contributed by atoms with Crippen LogP contribution >= 0.6 is 0 Å². The van der Waals surface area contributed by atoms with Crippen LogP contribution < -0.4 is 10.5 Å². The summed E-state index contributed by atoms with van der Waals surface area (Å²) in [6, 6.07) is 14.0. The van der Waals surface area contributed by atoms with Crippen LogP contribution in [-0.2, 0) is 6.42 Å². The minimum absolute atomic E-state index is 0.295. The molecule has 0 unspecified atom stereocenters. The van der Waals surface area contributed by atoms with E-state index >= 15 is 0 Å². The largest absolute Gasteiger partial charge is 0.457 e. The molecule has 0 amide bonds. The lowest BCUT2D eigenvalue weighted by Crippen LogP contribution is -1.98. The van der Waals surface area contributed by atoms with Crippen LogP contribution in [0, 0.1) is 5.82 Å². The van der Waals surface area contributed by atoms with Crippen molar-refractivity contribution in [2.24, 2.45) is 5.73 Å². The Kier molecular flexibility index (Phi) is 4.93. The Bertz CT molecular complexity index is 510. The van der Waals surface area contributed by atoms with Gasteiger partial charge in [0.2, 0.25) is 0 Å². The summed E-state index contributed by atoms with van der Waals surface area (Å²) in [7, 11) is 0. The number of rotatable bonds is 6. The molecular weight excluding hydrogens is 241 g/mol. The van der Waals surface area contributed by atoms with Crippen LogP contribution in [0.15, 0.2) is 48.5 Å². The van der Waals surface area contributed by atoms with Gasteiger partial charge in [0, 0.05) is 6.07 Å². The molecule has 3 heteroatoms. The van der Waals surface area contributed by atoms with Gasteiger partial charge >= 0.3 is 0 Å². The van der Waals surface area contributed by atoms with Crippen LogP contribution in [0.3, 0.4) is 0 Å². The number of aryl methyl sites for hydroxylation is 1. The molecule has 0 aliphatic rings. The molecule has 0 bridgehead atoms. The van der Waals surface area contributed by atoms with E-state index in [4.69, 9.17) is 10.5 Å². The Balaban J connectivity index is 1.95. The van der Waals surface area contributed by atoms with Crippen molar-refractivity contribution in [2.75, 3.05) is 6.54 Å². The van der Waals surface area contributed by atoms with Crippen LogP contribution in [0.1, 0.15) is 18.4 Å². The summed E-state index contributed by atoms with van der Waals surface area (Å²) < 4.78 is 18.6. The summed E-state index contributed by atoms with van der Waals surface area (Å²) in [4.78, 5) is 0. The van der Waals surface area contributed by atoms with E-state index in [-0.39, 0.29) is 5.82 Å². The van der Waals surface area contributed by atoms with Crippen molar-refractivity contribution in [3.8, 4) is 11.5 Å². The molecule has 19 heavy (non-hydrogen) atoms. The second-order valence-corrected chi connectivity index (χ2v) is 4.45. The third kappa shape index (κ3) is 4.38. The SMILES string of the molecule is NCCCCc1ccc(Oc2cccc(F)c2)cc1. The standard InChI is InChI=1S/C16H18FNO/c17-14-5-3-6-16(12-14)19-15-9-7-13(8-10-15)4-1-2-11-18/h3,5-10,12H,1-2,4,11,18H2. The number of hydrogen-bond acceptors (Lipinski definition) is 2. The predicted molar refractivity (Wildman–Crippen MR) is 74.9 cm³/mol. The molecule has 2 rings (SSSR count). The molecular formula is C16H18FNO. The molecule has 0 saturated heterocycles. The molecule has 2 N–H and O–H groups in total. The van der Waals surface area contributed by atoms with Crippen LogP contribution in [0.5, 0.6) is 11.5 Å². The molecule has 2 aromatic rings. The first kappa shape index (κ1) is 13.6. The summed E-state index contributed by atoms with van der Waals surface area (Å²) in [6.45, 7) is 0.737. The highest BCUT2D eigenvalue weighted by Gasteiger charge is 1.99. The maximum atomic E-state index is 13.0. The first-order valence-electron chi connectivity index (χ1n) is 6.50. The molecule has 0 saturated carbocycles. The number of hydrogen-bond donors (Lipinski definition) is 1. The van der Waals surface area contributed by atoms with E-state index in [1.165, 1.54) is 17.7 Å². The number of halogens is 1. The van der Waals surface area contributed by atoms with Crippen LogP contribution in [0.25, 0.3) is 0 Å². The molecule has 0 heterocycles. The summed E-state index contributed by atoms with van der Waals surface area (Å²) in [5, 5.41) is 0. The Hall–Kier alpha value is -1.87. The number of ether oxygens (including phenoxy) is 1. The van der Waals surface area contributed by atoms with Gasteiger partial charge in [-0.25, -0.2) is 4.39 Å². The van der Waals surface area contributed by atoms with Gasteiger partial charge < -0.3 is 10.5 Å². The highest BCUT2D eigenvalue weighted by molar-refractivity contribution is 5.33. The van der Waals surface area contributed by atoms with Gasteiger partial charge in [-0.1, -0.05) is 18.2 Å². The molecule has 0 aliphatic heterocycles. The molecule has 0 atom stereocenters. The zero-order chi connectivity index (χ0) is 13.5. The molecule has 0 aliphatic carbocycles. The molecule has 0 aromatic heterocycles. The van der Waals surface area contributed by atoms with Crippen LogP contribution in [0.4, 0.5) is 4.39 Å². The number of unbranched alkanes of at least 4 members (excludes halogenated alkanes) is 1. The zero-order valence-corrected chi connectivity index (χ0v) is 10.8. The van der Waals surface area contributed by atoms with Crippen molar-refractivity contribution in [2.45, 2.75) is 19.3 Å². The topological polar surface area (TPSA) is 35.2 Å². The lowest BCUT2D eigenvalue weighted by molar-refractivity contribution is 0.476. The Labute approximate surface area is 113 Å².